The third-order valence-corrected chi connectivity index (χ3v) is 11.5. The van der Waals surface area contributed by atoms with Crippen molar-refractivity contribution in [3.8, 4) is 22.3 Å². The molecule has 3 heterocycles. The third kappa shape index (κ3) is 4.45. The van der Waals surface area contributed by atoms with Crippen molar-refractivity contribution in [2.45, 2.75) is 0 Å². The highest BCUT2D eigenvalue weighted by Crippen LogP contribution is 2.46. The van der Waals surface area contributed by atoms with Crippen molar-refractivity contribution >= 4 is 92.4 Å². The monoisotopic (exact) mass is 683 g/mol. The molecule has 11 rings (SSSR count). The molecule has 0 aliphatic carbocycles. The number of nitrogens with zero attached hydrogens (tertiary/aromatic N) is 1. The average molecular weight is 684 g/mol. The first-order valence-corrected chi connectivity index (χ1v) is 18.3. The smallest absolute Gasteiger partial charge is 0.143 e. The molecule has 3 aromatic heterocycles. The molecule has 0 radical (unpaired) electrons. The Morgan fingerprint density at radius 2 is 0.942 bits per heavy atom. The minimum absolute atomic E-state index is 0.902. The lowest BCUT2D eigenvalue weighted by Gasteiger charge is -2.26. The molecule has 0 saturated heterocycles. The van der Waals surface area contributed by atoms with Gasteiger partial charge in [-0.25, -0.2) is 0 Å². The second-order valence-electron chi connectivity index (χ2n) is 13.2. The van der Waals surface area contributed by atoms with E-state index in [1.807, 2.05) is 35.6 Å². The lowest BCUT2D eigenvalue weighted by Crippen LogP contribution is -2.10. The van der Waals surface area contributed by atoms with Gasteiger partial charge in [-0.3, -0.25) is 0 Å². The van der Waals surface area contributed by atoms with Crippen LogP contribution in [0.4, 0.5) is 17.1 Å². The predicted molar refractivity (Wildman–Crippen MR) is 219 cm³/mol. The topological polar surface area (TPSA) is 29.5 Å². The van der Waals surface area contributed by atoms with Gasteiger partial charge in [-0.15, -0.1) is 11.3 Å². The first kappa shape index (κ1) is 29.1. The number of fused-ring (bicyclic) bond motifs is 9. The first-order chi connectivity index (χ1) is 25.8. The average Bonchev–Trinajstić information content (AvgIpc) is 3.90. The maximum atomic E-state index is 6.41. The summed E-state index contributed by atoms with van der Waals surface area (Å²) >= 11 is 1.85. The molecule has 0 fully saturated rings. The summed E-state index contributed by atoms with van der Waals surface area (Å²) in [4.78, 5) is 2.39. The van der Waals surface area contributed by atoms with Crippen LogP contribution in [0.5, 0.6) is 0 Å². The Morgan fingerprint density at radius 3 is 1.73 bits per heavy atom. The molecule has 0 aliphatic heterocycles. The van der Waals surface area contributed by atoms with Crippen molar-refractivity contribution < 1.29 is 8.83 Å². The van der Waals surface area contributed by atoms with E-state index in [1.165, 1.54) is 20.2 Å². The van der Waals surface area contributed by atoms with Crippen LogP contribution in [0.15, 0.2) is 185 Å². The highest BCUT2D eigenvalue weighted by Gasteiger charge is 2.20. The molecule has 0 spiro atoms. The highest BCUT2D eigenvalue weighted by molar-refractivity contribution is 7.26. The molecule has 3 nitrogen and oxygen atoms in total. The van der Waals surface area contributed by atoms with Crippen molar-refractivity contribution in [1.29, 1.82) is 0 Å². The molecule has 0 N–H and O–H groups in total. The second kappa shape index (κ2) is 11.5. The van der Waals surface area contributed by atoms with E-state index >= 15 is 0 Å². The van der Waals surface area contributed by atoms with Gasteiger partial charge in [0, 0.05) is 54.0 Å². The van der Waals surface area contributed by atoms with Crippen LogP contribution in [0, 0.1) is 0 Å². The Hall–Kier alpha value is -6.62. The minimum Gasteiger partial charge on any atom is -0.456 e. The fraction of sp³-hybridized carbons (Fsp3) is 0. The molecule has 0 unspecified atom stereocenters. The summed E-state index contributed by atoms with van der Waals surface area (Å²) < 4.78 is 15.2. The molecule has 244 valence electrons. The van der Waals surface area contributed by atoms with E-state index in [2.05, 4.69) is 157 Å². The van der Waals surface area contributed by atoms with E-state index < -0.39 is 0 Å². The Bertz CT molecular complexity index is 3130. The zero-order valence-electron chi connectivity index (χ0n) is 27.9. The maximum Gasteiger partial charge on any atom is 0.143 e. The number of hydrogen-bond acceptors (Lipinski definition) is 4. The highest BCUT2D eigenvalue weighted by atomic mass is 32.1. The van der Waals surface area contributed by atoms with Gasteiger partial charge in [0.25, 0.3) is 0 Å². The molecule has 0 bridgehead atoms. The van der Waals surface area contributed by atoms with Gasteiger partial charge in [0.15, 0.2) is 0 Å². The van der Waals surface area contributed by atoms with Crippen LogP contribution < -0.4 is 4.90 Å². The van der Waals surface area contributed by atoms with E-state index in [4.69, 9.17) is 8.83 Å². The van der Waals surface area contributed by atoms with Crippen molar-refractivity contribution in [2.75, 3.05) is 4.90 Å². The maximum absolute atomic E-state index is 6.41. The van der Waals surface area contributed by atoms with E-state index in [-0.39, 0.29) is 0 Å². The lowest BCUT2D eigenvalue weighted by molar-refractivity contribution is 0.669. The Balaban J connectivity index is 1.06. The van der Waals surface area contributed by atoms with E-state index in [0.29, 0.717) is 0 Å². The van der Waals surface area contributed by atoms with Gasteiger partial charge in [0.1, 0.15) is 22.3 Å². The van der Waals surface area contributed by atoms with E-state index in [9.17, 15) is 0 Å². The quantitative estimate of drug-likeness (QED) is 0.181. The van der Waals surface area contributed by atoms with Crippen LogP contribution in [-0.4, -0.2) is 0 Å². The Morgan fingerprint density at radius 1 is 0.385 bits per heavy atom. The molecular formula is C48H29NO2S. The van der Waals surface area contributed by atoms with Crippen LogP contribution in [-0.2, 0) is 0 Å². The standard InChI is InChI=1S/C48H29NO2S/c1-4-18-42-36(10-1)38-15-7-14-35(47(38)51-42)31-24-28-33(29-25-31)49(41-17-8-16-39-37-11-3-6-21-45(37)52-48(39)41)32-26-22-30(23-27-32)34-13-9-20-44-46(34)40-12-2-5-19-43(40)50-44/h1-29H. The fourth-order valence-corrected chi connectivity index (χ4v) is 9.11. The molecule has 4 heteroatoms. The summed E-state index contributed by atoms with van der Waals surface area (Å²) in [5.74, 6) is 0. The molecule has 0 saturated carbocycles. The second-order valence-corrected chi connectivity index (χ2v) is 14.3. The molecular weight excluding hydrogens is 655 g/mol. The zero-order valence-corrected chi connectivity index (χ0v) is 28.7. The van der Waals surface area contributed by atoms with Gasteiger partial charge in [-0.1, -0.05) is 121 Å². The van der Waals surface area contributed by atoms with Gasteiger partial charge in [0.2, 0.25) is 0 Å². The lowest BCUT2D eigenvalue weighted by atomic mass is 9.99. The summed E-state index contributed by atoms with van der Waals surface area (Å²) in [5, 5.41) is 7.11. The summed E-state index contributed by atoms with van der Waals surface area (Å²) in [6, 6.07) is 62.5. The Kier molecular flexibility index (Phi) is 6.42. The number of para-hydroxylation sites is 3. The molecule has 0 aliphatic rings. The van der Waals surface area contributed by atoms with Crippen molar-refractivity contribution in [1.82, 2.24) is 0 Å². The third-order valence-electron chi connectivity index (χ3n) is 10.3. The number of rotatable bonds is 5. The zero-order chi connectivity index (χ0) is 34.2. The van der Waals surface area contributed by atoms with Crippen LogP contribution >= 0.6 is 11.3 Å². The van der Waals surface area contributed by atoms with Gasteiger partial charge in [-0.05, 0) is 71.3 Å². The van der Waals surface area contributed by atoms with E-state index in [1.54, 1.807) is 0 Å². The predicted octanol–water partition coefficient (Wildman–Crippen LogP) is 14.7. The van der Waals surface area contributed by atoms with Crippen LogP contribution in [0.1, 0.15) is 0 Å². The number of benzene rings is 8. The molecule has 8 aromatic carbocycles. The van der Waals surface area contributed by atoms with Gasteiger partial charge < -0.3 is 13.7 Å². The normalized spacial score (nSPS) is 11.8. The summed E-state index contributed by atoms with van der Waals surface area (Å²) in [7, 11) is 0. The van der Waals surface area contributed by atoms with Crippen molar-refractivity contribution in [3.63, 3.8) is 0 Å². The van der Waals surface area contributed by atoms with E-state index in [0.717, 1.165) is 83.2 Å². The van der Waals surface area contributed by atoms with Crippen molar-refractivity contribution in [3.05, 3.63) is 176 Å². The molecule has 11 aromatic rings. The van der Waals surface area contributed by atoms with Crippen LogP contribution in [0.25, 0.3) is 86.3 Å². The van der Waals surface area contributed by atoms with Gasteiger partial charge in [-0.2, -0.15) is 0 Å². The number of furan rings is 2. The van der Waals surface area contributed by atoms with Crippen LogP contribution in [0.2, 0.25) is 0 Å². The molecule has 0 atom stereocenters. The summed E-state index contributed by atoms with van der Waals surface area (Å²) in [6.07, 6.45) is 0. The van der Waals surface area contributed by atoms with Gasteiger partial charge in [0.05, 0.1) is 10.4 Å². The Labute approximate surface area is 303 Å². The number of thiophene rings is 1. The largest absolute Gasteiger partial charge is 0.456 e. The first-order valence-electron chi connectivity index (χ1n) is 17.5. The summed E-state index contributed by atoms with van der Waals surface area (Å²) in [5.41, 5.74) is 11.5. The minimum atomic E-state index is 0.902. The molecule has 52 heavy (non-hydrogen) atoms. The van der Waals surface area contributed by atoms with Gasteiger partial charge >= 0.3 is 0 Å². The number of anilines is 3. The van der Waals surface area contributed by atoms with Crippen molar-refractivity contribution in [2.24, 2.45) is 0 Å². The van der Waals surface area contributed by atoms with Crippen LogP contribution in [0.3, 0.4) is 0 Å². The molecule has 0 amide bonds. The SMILES string of the molecule is c1ccc2c(c1)oc1c(-c3ccc(N(c4ccc(-c5cccc6oc7ccccc7c56)cc4)c4cccc5c4sc4ccccc45)cc3)cccc12. The number of hydrogen-bond donors (Lipinski definition) is 0. The summed E-state index contributed by atoms with van der Waals surface area (Å²) in [6.45, 7) is 0. The fourth-order valence-electron chi connectivity index (χ4n) is 7.91.